The molecular formula is C10H13NO. The third-order valence-corrected chi connectivity index (χ3v) is 1.92. The molecule has 1 rings (SSSR count). The van der Waals surface area contributed by atoms with Crippen molar-refractivity contribution in [3.63, 3.8) is 0 Å². The highest BCUT2D eigenvalue weighted by atomic mass is 16.1. The molecule has 0 atom stereocenters. The predicted molar refractivity (Wildman–Crippen MR) is 48.4 cm³/mol. The maximum atomic E-state index is 11.2. The van der Waals surface area contributed by atoms with Gasteiger partial charge in [-0.05, 0) is 31.9 Å². The minimum atomic E-state index is 0.109. The Morgan fingerprint density at radius 1 is 1.58 bits per heavy atom. The number of hydrogen-bond donors (Lipinski definition) is 0. The summed E-state index contributed by atoms with van der Waals surface area (Å²) < 4.78 is 0. The summed E-state index contributed by atoms with van der Waals surface area (Å²) in [5.41, 5.74) is 2.72. The van der Waals surface area contributed by atoms with E-state index in [0.29, 0.717) is 0 Å². The molecule has 0 amide bonds. The van der Waals surface area contributed by atoms with Crippen molar-refractivity contribution in [3.8, 4) is 0 Å². The van der Waals surface area contributed by atoms with Gasteiger partial charge in [-0.3, -0.25) is 9.78 Å². The Bertz CT molecular complexity index is 305. The minimum absolute atomic E-state index is 0.109. The van der Waals surface area contributed by atoms with E-state index in [1.54, 1.807) is 13.1 Å². The number of pyridine rings is 1. The lowest BCUT2D eigenvalue weighted by Gasteiger charge is -2.05. The zero-order chi connectivity index (χ0) is 9.14. The number of Topliss-reactive ketones (excluding diaryl/α,β-unsaturated/α-hetero) is 1. The number of carbonyl (C=O) groups is 1. The van der Waals surface area contributed by atoms with Crippen LogP contribution in [-0.4, -0.2) is 10.8 Å². The summed E-state index contributed by atoms with van der Waals surface area (Å²) >= 11 is 0. The highest BCUT2D eigenvalue weighted by molar-refractivity contribution is 5.96. The molecule has 0 aromatic carbocycles. The SMILES string of the molecule is CCc1nccc(C)c1C(C)=O. The first-order valence-corrected chi connectivity index (χ1v) is 4.12. The zero-order valence-electron chi connectivity index (χ0n) is 7.72. The fraction of sp³-hybridized carbons (Fsp3) is 0.400. The summed E-state index contributed by atoms with van der Waals surface area (Å²) in [6.07, 6.45) is 2.57. The molecule has 0 saturated carbocycles. The van der Waals surface area contributed by atoms with E-state index in [1.807, 2.05) is 19.9 Å². The maximum Gasteiger partial charge on any atom is 0.161 e. The van der Waals surface area contributed by atoms with Crippen LogP contribution in [0.3, 0.4) is 0 Å². The van der Waals surface area contributed by atoms with Crippen molar-refractivity contribution in [2.45, 2.75) is 27.2 Å². The minimum Gasteiger partial charge on any atom is -0.294 e. The molecule has 0 aliphatic carbocycles. The van der Waals surface area contributed by atoms with Gasteiger partial charge in [0.25, 0.3) is 0 Å². The van der Waals surface area contributed by atoms with Crippen molar-refractivity contribution >= 4 is 5.78 Å². The van der Waals surface area contributed by atoms with Crippen LogP contribution in [0.25, 0.3) is 0 Å². The third kappa shape index (κ3) is 1.52. The fourth-order valence-electron chi connectivity index (χ4n) is 1.36. The molecule has 0 radical (unpaired) electrons. The van der Waals surface area contributed by atoms with Crippen LogP contribution < -0.4 is 0 Å². The average Bonchev–Trinajstić information content (AvgIpc) is 2.03. The molecule has 0 unspecified atom stereocenters. The van der Waals surface area contributed by atoms with Gasteiger partial charge in [0.2, 0.25) is 0 Å². The van der Waals surface area contributed by atoms with Crippen LogP contribution in [0.4, 0.5) is 0 Å². The van der Waals surface area contributed by atoms with Crippen molar-refractivity contribution in [1.82, 2.24) is 4.98 Å². The van der Waals surface area contributed by atoms with Crippen molar-refractivity contribution in [2.24, 2.45) is 0 Å². The Morgan fingerprint density at radius 3 is 2.67 bits per heavy atom. The van der Waals surface area contributed by atoms with Crippen LogP contribution in [0.1, 0.15) is 35.5 Å². The maximum absolute atomic E-state index is 11.2. The van der Waals surface area contributed by atoms with Gasteiger partial charge in [0.1, 0.15) is 0 Å². The molecule has 0 aliphatic rings. The quantitative estimate of drug-likeness (QED) is 0.625. The molecule has 1 aromatic rings. The second-order valence-electron chi connectivity index (χ2n) is 2.86. The number of aromatic nitrogens is 1. The van der Waals surface area contributed by atoms with Crippen LogP contribution in [0, 0.1) is 6.92 Å². The van der Waals surface area contributed by atoms with Gasteiger partial charge >= 0.3 is 0 Å². The van der Waals surface area contributed by atoms with Crippen LogP contribution in [-0.2, 0) is 6.42 Å². The average molecular weight is 163 g/mol. The van der Waals surface area contributed by atoms with Crippen LogP contribution in [0.5, 0.6) is 0 Å². The first kappa shape index (κ1) is 8.91. The molecule has 2 heteroatoms. The van der Waals surface area contributed by atoms with Crippen LogP contribution in [0.2, 0.25) is 0 Å². The van der Waals surface area contributed by atoms with Gasteiger partial charge in [-0.1, -0.05) is 6.92 Å². The number of aryl methyl sites for hydroxylation is 2. The van der Waals surface area contributed by atoms with Crippen molar-refractivity contribution in [1.29, 1.82) is 0 Å². The first-order chi connectivity index (χ1) is 5.66. The molecule has 64 valence electrons. The summed E-state index contributed by atoms with van der Waals surface area (Å²) in [6.45, 7) is 5.54. The smallest absolute Gasteiger partial charge is 0.161 e. The number of carbonyl (C=O) groups excluding carboxylic acids is 1. The van der Waals surface area contributed by atoms with Crippen LogP contribution in [0.15, 0.2) is 12.3 Å². The van der Waals surface area contributed by atoms with Crippen molar-refractivity contribution in [3.05, 3.63) is 29.1 Å². The molecule has 0 saturated heterocycles. The Balaban J connectivity index is 3.29. The van der Waals surface area contributed by atoms with E-state index in [2.05, 4.69) is 4.98 Å². The van der Waals surface area contributed by atoms with E-state index in [9.17, 15) is 4.79 Å². The fourth-order valence-corrected chi connectivity index (χ4v) is 1.36. The summed E-state index contributed by atoms with van der Waals surface area (Å²) in [4.78, 5) is 15.4. The molecule has 0 spiro atoms. The summed E-state index contributed by atoms with van der Waals surface area (Å²) in [5.74, 6) is 0.109. The Morgan fingerprint density at radius 2 is 2.25 bits per heavy atom. The lowest BCUT2D eigenvalue weighted by Crippen LogP contribution is -2.03. The molecule has 2 nitrogen and oxygen atoms in total. The van der Waals surface area contributed by atoms with Crippen LogP contribution >= 0.6 is 0 Å². The zero-order valence-corrected chi connectivity index (χ0v) is 7.72. The molecule has 0 aliphatic heterocycles. The summed E-state index contributed by atoms with van der Waals surface area (Å²) in [7, 11) is 0. The van der Waals surface area contributed by atoms with E-state index < -0.39 is 0 Å². The highest BCUT2D eigenvalue weighted by Gasteiger charge is 2.08. The third-order valence-electron chi connectivity index (χ3n) is 1.92. The Labute approximate surface area is 72.6 Å². The second kappa shape index (κ2) is 3.48. The van der Waals surface area contributed by atoms with Gasteiger partial charge in [-0.2, -0.15) is 0 Å². The van der Waals surface area contributed by atoms with Gasteiger partial charge in [0.15, 0.2) is 5.78 Å². The first-order valence-electron chi connectivity index (χ1n) is 4.12. The van der Waals surface area contributed by atoms with E-state index >= 15 is 0 Å². The van der Waals surface area contributed by atoms with Gasteiger partial charge in [-0.25, -0.2) is 0 Å². The summed E-state index contributed by atoms with van der Waals surface area (Å²) in [5, 5.41) is 0. The number of hydrogen-bond acceptors (Lipinski definition) is 2. The molecule has 12 heavy (non-hydrogen) atoms. The predicted octanol–water partition coefficient (Wildman–Crippen LogP) is 2.16. The monoisotopic (exact) mass is 163 g/mol. The lowest BCUT2D eigenvalue weighted by molar-refractivity contribution is 0.101. The molecule has 0 bridgehead atoms. The van der Waals surface area contributed by atoms with Crippen molar-refractivity contribution < 1.29 is 4.79 Å². The molecule has 0 fully saturated rings. The standard InChI is InChI=1S/C10H13NO/c1-4-9-10(8(3)12)7(2)5-6-11-9/h5-6H,4H2,1-3H3. The largest absolute Gasteiger partial charge is 0.294 e. The number of rotatable bonds is 2. The summed E-state index contributed by atoms with van der Waals surface area (Å²) in [6, 6.07) is 1.87. The van der Waals surface area contributed by atoms with Gasteiger partial charge < -0.3 is 0 Å². The highest BCUT2D eigenvalue weighted by Crippen LogP contribution is 2.12. The van der Waals surface area contributed by atoms with Crippen molar-refractivity contribution in [2.75, 3.05) is 0 Å². The van der Waals surface area contributed by atoms with Gasteiger partial charge in [0, 0.05) is 11.8 Å². The topological polar surface area (TPSA) is 30.0 Å². The molecule has 1 heterocycles. The molecule has 0 N–H and O–H groups in total. The van der Waals surface area contributed by atoms with E-state index in [-0.39, 0.29) is 5.78 Å². The normalized spacial score (nSPS) is 9.92. The van der Waals surface area contributed by atoms with Gasteiger partial charge in [-0.15, -0.1) is 0 Å². The van der Waals surface area contributed by atoms with Gasteiger partial charge in [0.05, 0.1) is 5.69 Å². The van der Waals surface area contributed by atoms with E-state index in [4.69, 9.17) is 0 Å². The Hall–Kier alpha value is -1.18. The second-order valence-corrected chi connectivity index (χ2v) is 2.86. The number of nitrogens with zero attached hydrogens (tertiary/aromatic N) is 1. The Kier molecular flexibility index (Phi) is 2.58. The lowest BCUT2D eigenvalue weighted by atomic mass is 10.0. The molecule has 1 aromatic heterocycles. The van der Waals surface area contributed by atoms with E-state index in [1.165, 1.54) is 0 Å². The molecular weight excluding hydrogens is 150 g/mol. The number of ketones is 1. The van der Waals surface area contributed by atoms with E-state index in [0.717, 1.165) is 23.2 Å².